The summed E-state index contributed by atoms with van der Waals surface area (Å²) in [6.07, 6.45) is -0.113. The number of nitrogens with two attached hydrogens (primary N) is 2. The molecule has 0 bridgehead atoms. The summed E-state index contributed by atoms with van der Waals surface area (Å²) in [5.41, 5.74) is 11.8. The minimum Gasteiger partial charge on any atom is -0.468 e. The van der Waals surface area contributed by atoms with Gasteiger partial charge in [-0.05, 0) is 58.4 Å². The SMILES string of the molecule is COC(=O)[C@@H](C(=O)OCc1ccccc1)C(N)N(C(=O)CN)C(=O)[C@H](C)N(C)C(=O)CCC1CCN(C(=O)OC(C)(C)C)CC1. The van der Waals surface area contributed by atoms with Gasteiger partial charge in [0.25, 0.3) is 5.91 Å². The number of hydrogen-bond donors (Lipinski definition) is 2. The molecule has 1 saturated heterocycles. The van der Waals surface area contributed by atoms with Crippen molar-refractivity contribution in [3.63, 3.8) is 0 Å². The topological polar surface area (TPSA) is 192 Å². The number of nitrogens with zero attached hydrogens (tertiary/aromatic N) is 3. The number of amides is 4. The summed E-state index contributed by atoms with van der Waals surface area (Å²) in [4.78, 5) is 80.8. The number of likely N-dealkylation sites (N-methyl/N-ethyl adjacent to an activating group) is 1. The second kappa shape index (κ2) is 16.9. The molecule has 14 nitrogen and oxygen atoms in total. The zero-order chi connectivity index (χ0) is 33.9. The maximum absolute atomic E-state index is 13.6. The van der Waals surface area contributed by atoms with E-state index in [-0.39, 0.29) is 30.9 Å². The molecular weight excluding hydrogens is 586 g/mol. The first-order valence-corrected chi connectivity index (χ1v) is 14.9. The van der Waals surface area contributed by atoms with Crippen molar-refractivity contribution in [3.05, 3.63) is 35.9 Å². The molecule has 4 amide bonds. The number of hydrogen-bond acceptors (Lipinski definition) is 11. The lowest BCUT2D eigenvalue weighted by Crippen LogP contribution is -2.62. The van der Waals surface area contributed by atoms with E-state index >= 15 is 0 Å². The molecule has 0 saturated carbocycles. The fourth-order valence-electron chi connectivity index (χ4n) is 4.82. The summed E-state index contributed by atoms with van der Waals surface area (Å²) in [6, 6.07) is 7.47. The Kier molecular flexibility index (Phi) is 13.9. The number of likely N-dealkylation sites (tertiary alicyclic amines) is 1. The molecule has 1 fully saturated rings. The van der Waals surface area contributed by atoms with E-state index in [2.05, 4.69) is 0 Å². The molecule has 45 heavy (non-hydrogen) atoms. The maximum atomic E-state index is 13.6. The van der Waals surface area contributed by atoms with Crippen LogP contribution in [-0.2, 0) is 44.8 Å². The molecule has 0 radical (unpaired) electrons. The normalized spacial score (nSPS) is 15.7. The predicted molar refractivity (Wildman–Crippen MR) is 163 cm³/mol. The van der Waals surface area contributed by atoms with Crippen molar-refractivity contribution in [1.82, 2.24) is 14.7 Å². The second-order valence-corrected chi connectivity index (χ2v) is 12.0. The predicted octanol–water partition coefficient (Wildman–Crippen LogP) is 1.39. The summed E-state index contributed by atoms with van der Waals surface area (Å²) in [7, 11) is 2.44. The summed E-state index contributed by atoms with van der Waals surface area (Å²) >= 11 is 0. The molecule has 1 aromatic rings. The first-order valence-electron chi connectivity index (χ1n) is 14.9. The first-order chi connectivity index (χ1) is 21.1. The highest BCUT2D eigenvalue weighted by Gasteiger charge is 2.44. The molecule has 1 aliphatic rings. The van der Waals surface area contributed by atoms with Gasteiger partial charge in [0.05, 0.1) is 13.7 Å². The van der Waals surface area contributed by atoms with Crippen LogP contribution >= 0.6 is 0 Å². The van der Waals surface area contributed by atoms with Crippen molar-refractivity contribution >= 4 is 35.8 Å². The Hall–Kier alpha value is -4.04. The molecule has 3 atom stereocenters. The van der Waals surface area contributed by atoms with Gasteiger partial charge in [0.2, 0.25) is 11.8 Å². The average molecular weight is 634 g/mol. The van der Waals surface area contributed by atoms with Gasteiger partial charge >= 0.3 is 18.0 Å². The quantitative estimate of drug-likeness (QED) is 0.146. The third kappa shape index (κ3) is 10.8. The van der Waals surface area contributed by atoms with Crippen LogP contribution in [0.1, 0.15) is 58.9 Å². The van der Waals surface area contributed by atoms with Crippen LogP contribution in [0.15, 0.2) is 30.3 Å². The Balaban J connectivity index is 2.05. The van der Waals surface area contributed by atoms with Crippen LogP contribution in [0.5, 0.6) is 0 Å². The number of imide groups is 1. The van der Waals surface area contributed by atoms with Crippen molar-refractivity contribution in [2.45, 2.75) is 77.8 Å². The Morgan fingerprint density at radius 3 is 2.13 bits per heavy atom. The third-order valence-corrected chi connectivity index (χ3v) is 7.62. The van der Waals surface area contributed by atoms with E-state index in [0.717, 1.165) is 7.11 Å². The Bertz CT molecular complexity index is 1200. The number of carbonyl (C=O) groups excluding carboxylic acids is 6. The van der Waals surface area contributed by atoms with Crippen LogP contribution in [0.2, 0.25) is 0 Å². The lowest BCUT2D eigenvalue weighted by Gasteiger charge is -2.35. The van der Waals surface area contributed by atoms with Crippen molar-refractivity contribution < 1.29 is 43.0 Å². The molecule has 1 heterocycles. The monoisotopic (exact) mass is 633 g/mol. The molecule has 0 spiro atoms. The molecule has 4 N–H and O–H groups in total. The van der Waals surface area contributed by atoms with E-state index in [0.29, 0.717) is 42.8 Å². The number of methoxy groups -OCH3 is 1. The van der Waals surface area contributed by atoms with Crippen LogP contribution in [0.25, 0.3) is 0 Å². The highest BCUT2D eigenvalue weighted by atomic mass is 16.6. The summed E-state index contributed by atoms with van der Waals surface area (Å²) in [5, 5.41) is 0. The van der Waals surface area contributed by atoms with Gasteiger partial charge in [-0.25, -0.2) is 4.79 Å². The van der Waals surface area contributed by atoms with Gasteiger partial charge in [-0.15, -0.1) is 0 Å². The van der Waals surface area contributed by atoms with Crippen molar-refractivity contribution in [2.24, 2.45) is 23.3 Å². The number of esters is 2. The Morgan fingerprint density at radius 2 is 1.60 bits per heavy atom. The zero-order valence-electron chi connectivity index (χ0n) is 27.0. The van der Waals surface area contributed by atoms with Gasteiger partial charge in [-0.2, -0.15) is 0 Å². The van der Waals surface area contributed by atoms with Gasteiger partial charge in [-0.3, -0.25) is 28.9 Å². The van der Waals surface area contributed by atoms with E-state index in [1.54, 1.807) is 35.2 Å². The Morgan fingerprint density at radius 1 is 1.00 bits per heavy atom. The largest absolute Gasteiger partial charge is 0.468 e. The van der Waals surface area contributed by atoms with Crippen LogP contribution in [0.4, 0.5) is 4.79 Å². The molecule has 1 unspecified atom stereocenters. The summed E-state index contributed by atoms with van der Waals surface area (Å²) < 4.78 is 15.4. The molecule has 1 aliphatic heterocycles. The Labute approximate surface area is 264 Å². The zero-order valence-corrected chi connectivity index (χ0v) is 27.0. The number of benzene rings is 1. The van der Waals surface area contributed by atoms with Gasteiger partial charge in [0.15, 0.2) is 5.92 Å². The van der Waals surface area contributed by atoms with Crippen LogP contribution < -0.4 is 11.5 Å². The lowest BCUT2D eigenvalue weighted by molar-refractivity contribution is -0.168. The van der Waals surface area contributed by atoms with E-state index in [4.69, 9.17) is 25.7 Å². The molecule has 0 aromatic heterocycles. The first kappa shape index (κ1) is 37.1. The molecule has 1 aromatic carbocycles. The molecule has 2 rings (SSSR count). The highest BCUT2D eigenvalue weighted by Crippen LogP contribution is 2.24. The smallest absolute Gasteiger partial charge is 0.410 e. The molecule has 250 valence electrons. The second-order valence-electron chi connectivity index (χ2n) is 12.0. The number of ether oxygens (including phenoxy) is 3. The van der Waals surface area contributed by atoms with E-state index in [1.807, 2.05) is 20.8 Å². The van der Waals surface area contributed by atoms with Gasteiger partial charge < -0.3 is 35.5 Å². The minimum atomic E-state index is -1.86. The lowest BCUT2D eigenvalue weighted by atomic mass is 9.92. The molecule has 0 aliphatic carbocycles. The number of carbonyl (C=O) groups is 6. The third-order valence-electron chi connectivity index (χ3n) is 7.62. The van der Waals surface area contributed by atoms with E-state index in [9.17, 15) is 28.8 Å². The molecular formula is C31H47N5O9. The van der Waals surface area contributed by atoms with Gasteiger partial charge in [0, 0.05) is 26.6 Å². The molecule has 14 heteroatoms. The van der Waals surface area contributed by atoms with Crippen LogP contribution in [0, 0.1) is 11.8 Å². The highest BCUT2D eigenvalue weighted by molar-refractivity contribution is 6.02. The van der Waals surface area contributed by atoms with Crippen molar-refractivity contribution in [2.75, 3.05) is 33.8 Å². The summed E-state index contributed by atoms with van der Waals surface area (Å²) in [5.74, 6) is -6.12. The van der Waals surface area contributed by atoms with E-state index in [1.165, 1.54) is 18.9 Å². The van der Waals surface area contributed by atoms with Crippen LogP contribution in [-0.4, -0.2) is 102 Å². The average Bonchev–Trinajstić information content (AvgIpc) is 3.01. The van der Waals surface area contributed by atoms with Gasteiger partial charge in [0.1, 0.15) is 24.4 Å². The minimum absolute atomic E-state index is 0.124. The fourth-order valence-corrected chi connectivity index (χ4v) is 4.82. The fraction of sp³-hybridized carbons (Fsp3) is 0.613. The number of rotatable bonds is 12. The summed E-state index contributed by atoms with van der Waals surface area (Å²) in [6.45, 7) is 7.02. The van der Waals surface area contributed by atoms with E-state index < -0.39 is 54.0 Å². The van der Waals surface area contributed by atoms with Gasteiger partial charge in [-0.1, -0.05) is 30.3 Å². The van der Waals surface area contributed by atoms with Crippen LogP contribution in [0.3, 0.4) is 0 Å². The van der Waals surface area contributed by atoms with Crippen molar-refractivity contribution in [1.29, 1.82) is 0 Å². The standard InChI is InChI=1S/C31H47N5O9/c1-20(34(5)23(37)13-12-21-14-16-35(17-15-21)30(42)45-31(2,3)4)27(39)36(24(38)18-32)26(33)25(28(40)43-6)29(41)44-19-22-10-8-7-9-11-22/h7-11,20-21,25-26H,12-19,32-33H2,1-6H3/t20-,25-,26?/m0/s1. The number of piperidine rings is 1. The van der Waals surface area contributed by atoms with Crippen molar-refractivity contribution in [3.8, 4) is 0 Å². The maximum Gasteiger partial charge on any atom is 0.410 e.